The van der Waals surface area contributed by atoms with E-state index in [1.54, 1.807) is 20.8 Å². The summed E-state index contributed by atoms with van der Waals surface area (Å²) in [4.78, 5) is 23.4. The van der Waals surface area contributed by atoms with Crippen LogP contribution in [0.3, 0.4) is 0 Å². The van der Waals surface area contributed by atoms with E-state index >= 15 is 0 Å². The second kappa shape index (κ2) is 6.73. The van der Waals surface area contributed by atoms with Gasteiger partial charge >= 0.3 is 5.97 Å². The first-order valence-electron chi connectivity index (χ1n) is 6.64. The second-order valence-electron chi connectivity index (χ2n) is 5.29. The Balaban J connectivity index is 2.31. The molecule has 1 aliphatic heterocycles. The van der Waals surface area contributed by atoms with E-state index in [1.165, 1.54) is 0 Å². The average molecular weight is 256 g/mol. The highest BCUT2D eigenvalue weighted by Gasteiger charge is 2.30. The molecule has 1 aliphatic rings. The third-order valence-corrected chi connectivity index (χ3v) is 3.18. The van der Waals surface area contributed by atoms with E-state index in [9.17, 15) is 9.59 Å². The summed E-state index contributed by atoms with van der Waals surface area (Å²) in [5.74, 6) is 0.113. The number of rotatable bonds is 6. The molecule has 1 heterocycles. The number of esters is 1. The van der Waals surface area contributed by atoms with Crippen LogP contribution in [0.15, 0.2) is 0 Å². The number of nitrogens with one attached hydrogen (secondary N) is 2. The third-order valence-electron chi connectivity index (χ3n) is 3.18. The van der Waals surface area contributed by atoms with Crippen LogP contribution < -0.4 is 10.6 Å². The van der Waals surface area contributed by atoms with Crippen LogP contribution in [0.2, 0.25) is 0 Å². The molecule has 2 N–H and O–H groups in total. The molecular formula is C13H24N2O3. The summed E-state index contributed by atoms with van der Waals surface area (Å²) in [6.07, 6.45) is 2.47. The zero-order valence-electron chi connectivity index (χ0n) is 11.5. The van der Waals surface area contributed by atoms with Crippen molar-refractivity contribution in [3.05, 3.63) is 0 Å². The number of carbonyl (C=O) groups excluding carboxylic acids is 2. The minimum Gasteiger partial charge on any atom is -0.464 e. The third kappa shape index (κ3) is 4.64. The van der Waals surface area contributed by atoms with E-state index in [4.69, 9.17) is 4.74 Å². The summed E-state index contributed by atoms with van der Waals surface area (Å²) in [6.45, 7) is 7.45. The fraction of sp³-hybridized carbons (Fsp3) is 0.846. The highest BCUT2D eigenvalue weighted by molar-refractivity contribution is 5.87. The van der Waals surface area contributed by atoms with E-state index in [-0.39, 0.29) is 11.9 Å². The Hall–Kier alpha value is -1.10. The Morgan fingerprint density at radius 2 is 2.17 bits per heavy atom. The Morgan fingerprint density at radius 1 is 1.44 bits per heavy atom. The maximum absolute atomic E-state index is 11.8. The molecule has 0 aliphatic carbocycles. The van der Waals surface area contributed by atoms with Gasteiger partial charge in [-0.25, -0.2) is 4.79 Å². The molecule has 104 valence electrons. The Kier molecular flexibility index (Phi) is 5.59. The Morgan fingerprint density at radius 3 is 2.72 bits per heavy atom. The molecule has 1 amide bonds. The first-order valence-corrected chi connectivity index (χ1v) is 6.64. The maximum atomic E-state index is 11.8. The molecule has 18 heavy (non-hydrogen) atoms. The number of carbonyl (C=O) groups is 2. The van der Waals surface area contributed by atoms with Gasteiger partial charge < -0.3 is 15.4 Å². The van der Waals surface area contributed by atoms with Gasteiger partial charge in [0.25, 0.3) is 0 Å². The quantitative estimate of drug-likeness (QED) is 0.691. The lowest BCUT2D eigenvalue weighted by molar-refractivity contribution is -0.151. The largest absolute Gasteiger partial charge is 0.464 e. The molecule has 5 heteroatoms. The topological polar surface area (TPSA) is 67.4 Å². The zero-order valence-corrected chi connectivity index (χ0v) is 11.5. The van der Waals surface area contributed by atoms with Crippen LogP contribution >= 0.6 is 0 Å². The van der Waals surface area contributed by atoms with Crippen LogP contribution in [-0.2, 0) is 14.3 Å². The lowest BCUT2D eigenvalue weighted by atomic mass is 10.0. The maximum Gasteiger partial charge on any atom is 0.331 e. The standard InChI is InChI=1S/C13H24N2O3/c1-4-18-12(17)13(2,3)15-11(16)6-5-10-7-8-14-9-10/h10,14H,4-9H2,1-3H3,(H,15,16). The van der Waals surface area contributed by atoms with Crippen LogP contribution in [0.1, 0.15) is 40.0 Å². The molecule has 0 saturated carbocycles. The normalized spacial score (nSPS) is 19.6. The minimum atomic E-state index is -0.943. The molecule has 1 unspecified atom stereocenters. The monoisotopic (exact) mass is 256 g/mol. The zero-order chi connectivity index (χ0) is 13.6. The van der Waals surface area contributed by atoms with E-state index in [1.807, 2.05) is 0 Å². The van der Waals surface area contributed by atoms with Gasteiger partial charge in [0.15, 0.2) is 0 Å². The van der Waals surface area contributed by atoms with Crippen molar-refractivity contribution in [2.75, 3.05) is 19.7 Å². The first kappa shape index (κ1) is 15.0. The van der Waals surface area contributed by atoms with Crippen LogP contribution in [0.5, 0.6) is 0 Å². The summed E-state index contributed by atoms with van der Waals surface area (Å²) in [7, 11) is 0. The van der Waals surface area contributed by atoms with Gasteiger partial charge in [-0.05, 0) is 52.6 Å². The van der Waals surface area contributed by atoms with Crippen molar-refractivity contribution < 1.29 is 14.3 Å². The minimum absolute atomic E-state index is 0.0834. The molecule has 1 saturated heterocycles. The lowest BCUT2D eigenvalue weighted by Gasteiger charge is -2.24. The summed E-state index contributed by atoms with van der Waals surface area (Å²) in [5, 5.41) is 6.00. The van der Waals surface area contributed by atoms with Gasteiger partial charge in [0.05, 0.1) is 6.61 Å². The molecule has 0 radical (unpaired) electrons. The highest BCUT2D eigenvalue weighted by Crippen LogP contribution is 2.15. The molecule has 1 rings (SSSR count). The van der Waals surface area contributed by atoms with Gasteiger partial charge in [-0.1, -0.05) is 0 Å². The summed E-state index contributed by atoms with van der Waals surface area (Å²) < 4.78 is 4.92. The summed E-state index contributed by atoms with van der Waals surface area (Å²) in [5.41, 5.74) is -0.943. The van der Waals surface area contributed by atoms with Crippen LogP contribution in [-0.4, -0.2) is 37.1 Å². The smallest absolute Gasteiger partial charge is 0.331 e. The number of hydrogen-bond acceptors (Lipinski definition) is 4. The fourth-order valence-electron chi connectivity index (χ4n) is 2.07. The van der Waals surface area contributed by atoms with Crippen molar-refractivity contribution in [1.29, 1.82) is 0 Å². The van der Waals surface area contributed by atoms with Crippen LogP contribution in [0.25, 0.3) is 0 Å². The van der Waals surface area contributed by atoms with E-state index in [0.717, 1.165) is 25.9 Å². The molecule has 1 fully saturated rings. The van der Waals surface area contributed by atoms with E-state index in [0.29, 0.717) is 18.9 Å². The van der Waals surface area contributed by atoms with Gasteiger partial charge in [0, 0.05) is 6.42 Å². The highest BCUT2D eigenvalue weighted by atomic mass is 16.5. The van der Waals surface area contributed by atoms with Crippen LogP contribution in [0.4, 0.5) is 0 Å². The van der Waals surface area contributed by atoms with Crippen molar-refractivity contribution in [3.8, 4) is 0 Å². The molecule has 0 spiro atoms. The van der Waals surface area contributed by atoms with Gasteiger partial charge in [-0.3, -0.25) is 4.79 Å². The van der Waals surface area contributed by atoms with Crippen molar-refractivity contribution >= 4 is 11.9 Å². The number of ether oxygens (including phenoxy) is 1. The Labute approximate surface area is 109 Å². The second-order valence-corrected chi connectivity index (χ2v) is 5.29. The number of amides is 1. The molecule has 0 aromatic carbocycles. The van der Waals surface area contributed by atoms with Gasteiger partial charge in [-0.15, -0.1) is 0 Å². The van der Waals surface area contributed by atoms with Crippen molar-refractivity contribution in [3.63, 3.8) is 0 Å². The van der Waals surface area contributed by atoms with E-state index in [2.05, 4.69) is 10.6 Å². The van der Waals surface area contributed by atoms with Crippen LogP contribution in [0, 0.1) is 5.92 Å². The Bertz CT molecular complexity index is 297. The van der Waals surface area contributed by atoms with Gasteiger partial charge in [0.2, 0.25) is 5.91 Å². The van der Waals surface area contributed by atoms with Gasteiger partial charge in [-0.2, -0.15) is 0 Å². The van der Waals surface area contributed by atoms with E-state index < -0.39 is 5.54 Å². The fourth-order valence-corrected chi connectivity index (χ4v) is 2.07. The molecular weight excluding hydrogens is 232 g/mol. The molecule has 0 aromatic heterocycles. The predicted octanol–water partition coefficient (Wildman–Crippen LogP) is 0.834. The number of hydrogen-bond donors (Lipinski definition) is 2. The predicted molar refractivity (Wildman–Crippen MR) is 69.1 cm³/mol. The summed E-state index contributed by atoms with van der Waals surface area (Å²) >= 11 is 0. The van der Waals surface area contributed by atoms with Crippen molar-refractivity contribution in [1.82, 2.24) is 10.6 Å². The molecule has 0 bridgehead atoms. The molecule has 0 aromatic rings. The van der Waals surface area contributed by atoms with Gasteiger partial charge in [0.1, 0.15) is 5.54 Å². The lowest BCUT2D eigenvalue weighted by Crippen LogP contribution is -2.50. The first-order chi connectivity index (χ1) is 8.45. The SMILES string of the molecule is CCOC(=O)C(C)(C)NC(=O)CCC1CCNC1. The van der Waals surface area contributed by atoms with Crippen molar-refractivity contribution in [2.24, 2.45) is 5.92 Å². The van der Waals surface area contributed by atoms with Crippen molar-refractivity contribution in [2.45, 2.75) is 45.6 Å². The average Bonchev–Trinajstić information content (AvgIpc) is 2.79. The molecule has 1 atom stereocenters. The molecule has 5 nitrogen and oxygen atoms in total. The summed E-state index contributed by atoms with van der Waals surface area (Å²) in [6, 6.07) is 0.